The molecule has 0 radical (unpaired) electrons. The van der Waals surface area contributed by atoms with Gasteiger partial charge in [-0.1, -0.05) is 18.2 Å². The molecule has 1 fully saturated rings. The maximum atomic E-state index is 12.6. The number of benzene rings is 1. The summed E-state index contributed by atoms with van der Waals surface area (Å²) in [5.41, 5.74) is 1.95. The first-order valence-electron chi connectivity index (χ1n) is 8.37. The minimum atomic E-state index is -0.551. The number of carbonyl (C=O) groups is 2. The van der Waals surface area contributed by atoms with Crippen LogP contribution in [0.25, 0.3) is 5.69 Å². The Labute approximate surface area is 149 Å². The zero-order valence-electron chi connectivity index (χ0n) is 14.2. The predicted octanol–water partition coefficient (Wildman–Crippen LogP) is 1.44. The average molecular weight is 350 g/mol. The monoisotopic (exact) mass is 350 g/mol. The van der Waals surface area contributed by atoms with Crippen molar-refractivity contribution in [1.82, 2.24) is 25.3 Å². The van der Waals surface area contributed by atoms with Gasteiger partial charge in [0, 0.05) is 18.8 Å². The van der Waals surface area contributed by atoms with Crippen molar-refractivity contribution in [2.75, 3.05) is 11.4 Å². The quantitative estimate of drug-likeness (QED) is 0.744. The second kappa shape index (κ2) is 6.47. The van der Waals surface area contributed by atoms with Gasteiger partial charge in [0.1, 0.15) is 11.9 Å². The van der Waals surface area contributed by atoms with Crippen molar-refractivity contribution < 1.29 is 9.59 Å². The average Bonchev–Trinajstić information content (AvgIpc) is 3.37. The number of rotatable bonds is 4. The van der Waals surface area contributed by atoms with Crippen LogP contribution in [0, 0.1) is 6.92 Å². The number of hydrogen-bond donors (Lipinski definition) is 2. The second-order valence-corrected chi connectivity index (χ2v) is 6.15. The molecular formula is C18H18N6O2. The maximum Gasteiger partial charge on any atom is 0.255 e. The molecule has 1 unspecified atom stereocenters. The van der Waals surface area contributed by atoms with E-state index in [9.17, 15) is 9.59 Å². The lowest BCUT2D eigenvalue weighted by Crippen LogP contribution is -2.41. The highest BCUT2D eigenvalue weighted by molar-refractivity contribution is 6.03. The molecule has 0 saturated carbocycles. The molecule has 1 saturated heterocycles. The molecule has 0 spiro atoms. The van der Waals surface area contributed by atoms with E-state index in [0.717, 1.165) is 5.69 Å². The molecule has 132 valence electrons. The zero-order valence-corrected chi connectivity index (χ0v) is 14.2. The van der Waals surface area contributed by atoms with E-state index in [-0.39, 0.29) is 11.8 Å². The van der Waals surface area contributed by atoms with Crippen LogP contribution in [0.2, 0.25) is 0 Å². The van der Waals surface area contributed by atoms with E-state index in [1.807, 2.05) is 30.3 Å². The van der Waals surface area contributed by atoms with E-state index >= 15 is 0 Å². The lowest BCUT2D eigenvalue weighted by Gasteiger charge is -2.14. The van der Waals surface area contributed by atoms with Crippen LogP contribution in [-0.4, -0.2) is 44.4 Å². The minimum Gasteiger partial charge on any atom is -0.340 e. The SMILES string of the molecule is Cc1nn(-c2ccccc2)cc1C(=O)NC1CCN(c2ccn[nH]2)C1=O. The molecule has 1 aliphatic heterocycles. The number of aryl methyl sites for hydroxylation is 1. The summed E-state index contributed by atoms with van der Waals surface area (Å²) in [4.78, 5) is 26.8. The van der Waals surface area contributed by atoms with Gasteiger partial charge in [0.05, 0.1) is 23.1 Å². The molecule has 0 bridgehead atoms. The fraction of sp³-hybridized carbons (Fsp3) is 0.222. The zero-order chi connectivity index (χ0) is 18.1. The Morgan fingerprint density at radius 2 is 2.08 bits per heavy atom. The Kier molecular flexibility index (Phi) is 4.00. The van der Waals surface area contributed by atoms with Gasteiger partial charge in [-0.3, -0.25) is 19.6 Å². The van der Waals surface area contributed by atoms with Crippen molar-refractivity contribution in [2.24, 2.45) is 0 Å². The molecule has 8 nitrogen and oxygen atoms in total. The standard InChI is InChI=1S/C18H18N6O2/c1-12-14(11-24(22-12)13-5-3-2-4-6-13)17(25)20-15-8-10-23(18(15)26)16-7-9-19-21-16/h2-7,9,11,15H,8,10H2,1H3,(H,19,21)(H,20,25). The largest absolute Gasteiger partial charge is 0.340 e. The number of nitrogens with one attached hydrogen (secondary N) is 2. The van der Waals surface area contributed by atoms with Gasteiger partial charge in [-0.25, -0.2) is 4.68 Å². The van der Waals surface area contributed by atoms with E-state index in [1.165, 1.54) is 0 Å². The highest BCUT2D eigenvalue weighted by Crippen LogP contribution is 2.19. The lowest BCUT2D eigenvalue weighted by atomic mass is 10.2. The number of aromatic nitrogens is 4. The number of carbonyl (C=O) groups excluding carboxylic acids is 2. The third kappa shape index (κ3) is 2.85. The number of hydrogen-bond acceptors (Lipinski definition) is 4. The van der Waals surface area contributed by atoms with Crippen LogP contribution in [-0.2, 0) is 4.79 Å². The smallest absolute Gasteiger partial charge is 0.255 e. The van der Waals surface area contributed by atoms with Gasteiger partial charge in [0.2, 0.25) is 0 Å². The summed E-state index contributed by atoms with van der Waals surface area (Å²) in [5.74, 6) is 0.199. The molecule has 1 aliphatic rings. The van der Waals surface area contributed by atoms with Crippen LogP contribution in [0.3, 0.4) is 0 Å². The van der Waals surface area contributed by atoms with Crippen LogP contribution in [0.15, 0.2) is 48.8 Å². The highest BCUT2D eigenvalue weighted by atomic mass is 16.2. The molecule has 2 N–H and O–H groups in total. The van der Waals surface area contributed by atoms with Gasteiger partial charge in [0.25, 0.3) is 11.8 Å². The summed E-state index contributed by atoms with van der Waals surface area (Å²) in [6.45, 7) is 2.32. The van der Waals surface area contributed by atoms with Crippen molar-refractivity contribution in [3.8, 4) is 5.69 Å². The third-order valence-electron chi connectivity index (χ3n) is 4.45. The Balaban J connectivity index is 1.49. The molecule has 0 aliphatic carbocycles. The Bertz CT molecular complexity index is 932. The predicted molar refractivity (Wildman–Crippen MR) is 95.1 cm³/mol. The molecule has 2 amide bonds. The van der Waals surface area contributed by atoms with Gasteiger partial charge < -0.3 is 5.32 Å². The summed E-state index contributed by atoms with van der Waals surface area (Å²) in [6, 6.07) is 10.8. The van der Waals surface area contributed by atoms with Crippen molar-refractivity contribution >= 4 is 17.6 Å². The van der Waals surface area contributed by atoms with Crippen LogP contribution < -0.4 is 10.2 Å². The van der Waals surface area contributed by atoms with Crippen molar-refractivity contribution in [2.45, 2.75) is 19.4 Å². The van der Waals surface area contributed by atoms with Gasteiger partial charge >= 0.3 is 0 Å². The molecule has 1 aromatic carbocycles. The second-order valence-electron chi connectivity index (χ2n) is 6.15. The van der Waals surface area contributed by atoms with Crippen LogP contribution in [0.4, 0.5) is 5.82 Å². The van der Waals surface area contributed by atoms with E-state index in [4.69, 9.17) is 0 Å². The van der Waals surface area contributed by atoms with E-state index in [1.54, 1.807) is 35.0 Å². The Hall–Kier alpha value is -3.42. The number of para-hydroxylation sites is 1. The van der Waals surface area contributed by atoms with Crippen molar-refractivity contribution in [1.29, 1.82) is 0 Å². The van der Waals surface area contributed by atoms with Crippen molar-refractivity contribution in [3.63, 3.8) is 0 Å². The Morgan fingerprint density at radius 1 is 1.27 bits per heavy atom. The number of nitrogens with zero attached hydrogens (tertiary/aromatic N) is 4. The molecule has 4 rings (SSSR count). The summed E-state index contributed by atoms with van der Waals surface area (Å²) in [6.07, 6.45) is 3.83. The molecule has 3 heterocycles. The van der Waals surface area contributed by atoms with E-state index < -0.39 is 6.04 Å². The van der Waals surface area contributed by atoms with E-state index in [2.05, 4.69) is 20.6 Å². The summed E-state index contributed by atoms with van der Waals surface area (Å²) < 4.78 is 1.66. The number of aromatic amines is 1. The molecular weight excluding hydrogens is 332 g/mol. The topological polar surface area (TPSA) is 95.9 Å². The molecule has 1 atom stereocenters. The van der Waals surface area contributed by atoms with Crippen LogP contribution >= 0.6 is 0 Å². The molecule has 8 heteroatoms. The van der Waals surface area contributed by atoms with Gasteiger partial charge in [-0.15, -0.1) is 0 Å². The highest BCUT2D eigenvalue weighted by Gasteiger charge is 2.34. The van der Waals surface area contributed by atoms with Crippen LogP contribution in [0.1, 0.15) is 22.5 Å². The van der Waals surface area contributed by atoms with Gasteiger partial charge in [-0.05, 0) is 25.5 Å². The van der Waals surface area contributed by atoms with Gasteiger partial charge in [-0.2, -0.15) is 10.2 Å². The fourth-order valence-corrected chi connectivity index (χ4v) is 3.08. The summed E-state index contributed by atoms with van der Waals surface area (Å²) in [7, 11) is 0. The first kappa shape index (κ1) is 16.1. The fourth-order valence-electron chi connectivity index (χ4n) is 3.08. The molecule has 2 aromatic heterocycles. The number of H-pyrrole nitrogens is 1. The molecule has 26 heavy (non-hydrogen) atoms. The lowest BCUT2D eigenvalue weighted by molar-refractivity contribution is -0.118. The minimum absolute atomic E-state index is 0.143. The first-order valence-corrected chi connectivity index (χ1v) is 8.37. The van der Waals surface area contributed by atoms with E-state index in [0.29, 0.717) is 30.0 Å². The number of amides is 2. The molecule has 3 aromatic rings. The first-order chi connectivity index (χ1) is 12.6. The maximum absolute atomic E-state index is 12.6. The van der Waals surface area contributed by atoms with Crippen LogP contribution in [0.5, 0.6) is 0 Å². The third-order valence-corrected chi connectivity index (χ3v) is 4.45. The van der Waals surface area contributed by atoms with Gasteiger partial charge in [0.15, 0.2) is 0 Å². The van der Waals surface area contributed by atoms with Crippen molar-refractivity contribution in [3.05, 3.63) is 60.0 Å². The Morgan fingerprint density at radius 3 is 2.81 bits per heavy atom. The normalized spacial score (nSPS) is 16.9. The number of anilines is 1. The summed E-state index contributed by atoms with van der Waals surface area (Å²) >= 11 is 0. The summed E-state index contributed by atoms with van der Waals surface area (Å²) in [5, 5.41) is 13.9.